The number of hydrazine groups is 1. The van der Waals surface area contributed by atoms with Crippen LogP contribution < -0.4 is 5.43 Å². The molecule has 1 N–H and O–H groups in total. The lowest BCUT2D eigenvalue weighted by Crippen LogP contribution is -2.48. The van der Waals surface area contributed by atoms with Gasteiger partial charge in [0.25, 0.3) is 0 Å². The number of nitrogens with one attached hydrogen (secondary N) is 1. The lowest BCUT2D eigenvalue weighted by molar-refractivity contribution is -0.141. The number of allylic oxidation sites excluding steroid dienone is 1. The van der Waals surface area contributed by atoms with Crippen molar-refractivity contribution in [3.8, 4) is 0 Å². The lowest BCUT2D eigenvalue weighted by atomic mass is 9.95. The summed E-state index contributed by atoms with van der Waals surface area (Å²) in [5.41, 5.74) is 0.321. The lowest BCUT2D eigenvalue weighted by Gasteiger charge is -2.30. The van der Waals surface area contributed by atoms with Gasteiger partial charge in [-0.3, -0.25) is 0 Å². The molecule has 38 heavy (non-hydrogen) atoms. The van der Waals surface area contributed by atoms with E-state index in [4.69, 9.17) is 23.2 Å². The van der Waals surface area contributed by atoms with E-state index in [0.717, 1.165) is 24.3 Å². The molecule has 0 saturated carbocycles. The van der Waals surface area contributed by atoms with E-state index in [-0.39, 0.29) is 33.1 Å². The minimum Gasteiger partial charge on any atom is -0.242 e. The van der Waals surface area contributed by atoms with Gasteiger partial charge in [-0.2, -0.15) is 46.9 Å². The van der Waals surface area contributed by atoms with Gasteiger partial charge in [-0.25, -0.2) is 14.8 Å². The first kappa shape index (κ1) is 30.5. The number of thioether (sulfide) groups is 1. The van der Waals surface area contributed by atoms with Crippen molar-refractivity contribution in [2.24, 2.45) is 0 Å². The van der Waals surface area contributed by atoms with Crippen molar-refractivity contribution in [2.75, 3.05) is 11.5 Å². The van der Waals surface area contributed by atoms with E-state index in [2.05, 4.69) is 12.0 Å². The highest BCUT2D eigenvalue weighted by atomic mass is 35.5. The molecule has 3 rings (SSSR count). The normalized spacial score (nSPS) is 17.5. The van der Waals surface area contributed by atoms with Crippen LogP contribution in [0.1, 0.15) is 35.1 Å². The standard InChI is InChI=1S/C24H19Cl2F9N2S/c1-12(10-38-11-22(28,29)30)36-37-13(2)18-4-3-14(7-20(18)24(37,34)35)21(27)9-19(23(31,32)33)15-5-16(25)8-17(26)6-15/h3-9,12,19,36H,2,10-11H2,1H3/b21-9-. The number of hydrogen-bond donors (Lipinski definition) is 1. The predicted molar refractivity (Wildman–Crippen MR) is 132 cm³/mol. The third-order valence-electron chi connectivity index (χ3n) is 5.37. The zero-order valence-corrected chi connectivity index (χ0v) is 21.7. The van der Waals surface area contributed by atoms with Crippen LogP contribution in [0, 0.1) is 0 Å². The van der Waals surface area contributed by atoms with Crippen LogP contribution in [0.4, 0.5) is 39.5 Å². The molecular formula is C24H19Cl2F9N2S. The average Bonchev–Trinajstić information content (AvgIpc) is 2.95. The molecule has 1 aliphatic rings. The van der Waals surface area contributed by atoms with E-state index in [9.17, 15) is 26.3 Å². The molecule has 2 nitrogen and oxygen atoms in total. The van der Waals surface area contributed by atoms with Crippen molar-refractivity contribution in [1.82, 2.24) is 10.4 Å². The molecule has 14 heteroatoms. The van der Waals surface area contributed by atoms with Crippen molar-refractivity contribution in [1.29, 1.82) is 0 Å². The van der Waals surface area contributed by atoms with Gasteiger partial charge in [0.15, 0.2) is 0 Å². The second-order valence-electron chi connectivity index (χ2n) is 8.48. The van der Waals surface area contributed by atoms with Gasteiger partial charge in [-0.1, -0.05) is 41.9 Å². The Morgan fingerprint density at radius 2 is 1.68 bits per heavy atom. The van der Waals surface area contributed by atoms with E-state index in [1.807, 2.05) is 0 Å². The molecule has 0 bridgehead atoms. The Morgan fingerprint density at radius 3 is 2.24 bits per heavy atom. The van der Waals surface area contributed by atoms with Gasteiger partial charge in [0.2, 0.25) is 0 Å². The van der Waals surface area contributed by atoms with Crippen molar-refractivity contribution in [3.05, 3.63) is 81.4 Å². The van der Waals surface area contributed by atoms with Crippen molar-refractivity contribution < 1.29 is 39.5 Å². The molecule has 0 spiro atoms. The van der Waals surface area contributed by atoms with Gasteiger partial charge in [-0.05, 0) is 42.8 Å². The Balaban J connectivity index is 1.88. The number of halogens is 11. The minimum absolute atomic E-state index is 0.107. The van der Waals surface area contributed by atoms with Crippen LogP contribution in [-0.2, 0) is 6.05 Å². The molecule has 1 heterocycles. The second-order valence-corrected chi connectivity index (χ2v) is 10.4. The summed E-state index contributed by atoms with van der Waals surface area (Å²) < 4.78 is 124. The van der Waals surface area contributed by atoms with E-state index < -0.39 is 58.6 Å². The Labute approximate surface area is 226 Å². The second kappa shape index (κ2) is 11.2. The predicted octanol–water partition coefficient (Wildman–Crippen LogP) is 9.17. The highest BCUT2D eigenvalue weighted by Crippen LogP contribution is 2.47. The molecular weight excluding hydrogens is 590 g/mol. The molecule has 2 atom stereocenters. The molecule has 208 valence electrons. The molecule has 0 aliphatic carbocycles. The number of nitrogens with zero attached hydrogens (tertiary/aromatic N) is 1. The van der Waals surface area contributed by atoms with Gasteiger partial charge >= 0.3 is 18.4 Å². The van der Waals surface area contributed by atoms with Gasteiger partial charge in [0.1, 0.15) is 11.7 Å². The van der Waals surface area contributed by atoms with Crippen LogP contribution in [0.5, 0.6) is 0 Å². The number of rotatable bonds is 8. The fourth-order valence-electron chi connectivity index (χ4n) is 3.75. The summed E-state index contributed by atoms with van der Waals surface area (Å²) in [5.74, 6) is -5.22. The first-order valence-electron chi connectivity index (χ1n) is 10.7. The summed E-state index contributed by atoms with van der Waals surface area (Å²) >= 11 is 12.1. The molecule has 0 radical (unpaired) electrons. The Bertz CT molecular complexity index is 1210. The quantitative estimate of drug-likeness (QED) is 0.237. The van der Waals surface area contributed by atoms with Gasteiger partial charge < -0.3 is 0 Å². The van der Waals surface area contributed by atoms with Gasteiger partial charge in [-0.15, -0.1) is 0 Å². The van der Waals surface area contributed by atoms with Crippen LogP contribution in [0.25, 0.3) is 11.5 Å². The molecule has 2 aromatic rings. The SMILES string of the molecule is C=C1c2ccc(/C(F)=C/C(c3cc(Cl)cc(Cl)c3)C(F)(F)F)cc2C(F)(F)N1NC(C)CSCC(F)(F)F. The summed E-state index contributed by atoms with van der Waals surface area (Å²) in [6.07, 6.45) is -9.14. The summed E-state index contributed by atoms with van der Waals surface area (Å²) in [6.45, 7) is 4.96. The summed E-state index contributed by atoms with van der Waals surface area (Å²) in [6, 6.07) is 1.28. The third-order valence-corrected chi connectivity index (χ3v) is 7.08. The third kappa shape index (κ3) is 7.13. The maximum absolute atomic E-state index is 15.2. The zero-order chi connectivity index (χ0) is 28.6. The van der Waals surface area contributed by atoms with Crippen molar-refractivity contribution >= 4 is 46.5 Å². The van der Waals surface area contributed by atoms with E-state index in [1.165, 1.54) is 13.0 Å². The Morgan fingerprint density at radius 1 is 1.08 bits per heavy atom. The van der Waals surface area contributed by atoms with E-state index in [0.29, 0.717) is 22.8 Å². The average molecular weight is 609 g/mol. The molecule has 1 aliphatic heterocycles. The molecule has 0 saturated heterocycles. The van der Waals surface area contributed by atoms with Crippen LogP contribution in [-0.4, -0.2) is 34.9 Å². The van der Waals surface area contributed by atoms with Crippen LogP contribution in [0.3, 0.4) is 0 Å². The molecule has 2 aromatic carbocycles. The largest absolute Gasteiger partial charge is 0.399 e. The summed E-state index contributed by atoms with van der Waals surface area (Å²) in [4.78, 5) is 0. The first-order valence-corrected chi connectivity index (χ1v) is 12.6. The first-order chi connectivity index (χ1) is 17.4. The van der Waals surface area contributed by atoms with Gasteiger partial charge in [0.05, 0.1) is 17.0 Å². The Kier molecular flexibility index (Phi) is 9.02. The van der Waals surface area contributed by atoms with E-state index >= 15 is 13.2 Å². The van der Waals surface area contributed by atoms with Crippen LogP contribution >= 0.6 is 35.0 Å². The number of hydrogen-bond acceptors (Lipinski definition) is 3. The topological polar surface area (TPSA) is 15.3 Å². The fourth-order valence-corrected chi connectivity index (χ4v) is 5.07. The smallest absolute Gasteiger partial charge is 0.242 e. The molecule has 0 fully saturated rings. The number of alkyl halides is 8. The highest BCUT2D eigenvalue weighted by Gasteiger charge is 2.49. The summed E-state index contributed by atoms with van der Waals surface area (Å²) in [5, 5.41) is 0.142. The molecule has 2 unspecified atom stereocenters. The monoisotopic (exact) mass is 608 g/mol. The molecule has 0 amide bonds. The fraction of sp³-hybridized carbons (Fsp3) is 0.333. The zero-order valence-electron chi connectivity index (χ0n) is 19.3. The van der Waals surface area contributed by atoms with Gasteiger partial charge in [0, 0.05) is 33.0 Å². The Hall–Kier alpha value is -2.02. The number of benzene rings is 2. The van der Waals surface area contributed by atoms with Crippen LogP contribution in [0.2, 0.25) is 10.0 Å². The van der Waals surface area contributed by atoms with Crippen molar-refractivity contribution in [2.45, 2.75) is 37.3 Å². The molecule has 0 aromatic heterocycles. The highest BCUT2D eigenvalue weighted by molar-refractivity contribution is 7.99. The van der Waals surface area contributed by atoms with E-state index in [1.54, 1.807) is 0 Å². The summed E-state index contributed by atoms with van der Waals surface area (Å²) in [7, 11) is 0. The maximum Gasteiger partial charge on any atom is 0.399 e. The number of fused-ring (bicyclic) bond motifs is 1. The van der Waals surface area contributed by atoms with Crippen LogP contribution in [0.15, 0.2) is 49.1 Å². The van der Waals surface area contributed by atoms with Crippen molar-refractivity contribution in [3.63, 3.8) is 0 Å². The maximum atomic E-state index is 15.2. The minimum atomic E-state index is -4.96.